The predicted molar refractivity (Wildman–Crippen MR) is 321 cm³/mol. The lowest BCUT2D eigenvalue weighted by atomic mass is 10.0. The molecular formula is C68H122O6. The third kappa shape index (κ3) is 60.0. The molecular weight excluding hydrogens is 913 g/mol. The molecule has 0 aromatic rings. The van der Waals surface area contributed by atoms with Gasteiger partial charge in [-0.15, -0.1) is 0 Å². The molecule has 0 spiro atoms. The maximum atomic E-state index is 12.8. The van der Waals surface area contributed by atoms with E-state index in [-0.39, 0.29) is 31.1 Å². The third-order valence-corrected chi connectivity index (χ3v) is 14.3. The minimum absolute atomic E-state index is 0.0714. The van der Waals surface area contributed by atoms with E-state index in [1.54, 1.807) is 0 Å². The zero-order valence-corrected chi connectivity index (χ0v) is 49.4. The maximum Gasteiger partial charge on any atom is 0.306 e. The van der Waals surface area contributed by atoms with Crippen molar-refractivity contribution >= 4 is 17.9 Å². The van der Waals surface area contributed by atoms with E-state index in [0.717, 1.165) is 83.5 Å². The first-order chi connectivity index (χ1) is 36.5. The lowest BCUT2D eigenvalue weighted by molar-refractivity contribution is -0.167. The Balaban J connectivity index is 4.05. The van der Waals surface area contributed by atoms with Crippen LogP contribution in [-0.4, -0.2) is 37.2 Å². The van der Waals surface area contributed by atoms with Gasteiger partial charge in [-0.3, -0.25) is 14.4 Å². The second-order valence-electron chi connectivity index (χ2n) is 21.6. The highest BCUT2D eigenvalue weighted by Gasteiger charge is 2.19. The molecule has 430 valence electrons. The summed E-state index contributed by atoms with van der Waals surface area (Å²) >= 11 is 0. The van der Waals surface area contributed by atoms with E-state index in [0.29, 0.717) is 19.3 Å². The van der Waals surface area contributed by atoms with Crippen LogP contribution in [0.4, 0.5) is 0 Å². The fourth-order valence-corrected chi connectivity index (χ4v) is 9.43. The van der Waals surface area contributed by atoms with Crippen LogP contribution < -0.4 is 0 Å². The minimum Gasteiger partial charge on any atom is -0.462 e. The van der Waals surface area contributed by atoms with Gasteiger partial charge in [0, 0.05) is 19.3 Å². The Morgan fingerprint density at radius 1 is 0.284 bits per heavy atom. The van der Waals surface area contributed by atoms with E-state index in [9.17, 15) is 14.4 Å². The molecule has 0 aliphatic rings. The van der Waals surface area contributed by atoms with Crippen molar-refractivity contribution in [2.75, 3.05) is 13.2 Å². The maximum absolute atomic E-state index is 12.8. The first kappa shape index (κ1) is 71.1. The van der Waals surface area contributed by atoms with Crippen molar-refractivity contribution in [3.8, 4) is 0 Å². The molecule has 0 radical (unpaired) electrons. The van der Waals surface area contributed by atoms with Crippen LogP contribution in [0.5, 0.6) is 0 Å². The van der Waals surface area contributed by atoms with Crippen LogP contribution in [0.1, 0.15) is 335 Å². The summed E-state index contributed by atoms with van der Waals surface area (Å²) in [5.41, 5.74) is 0. The Morgan fingerprint density at radius 2 is 0.527 bits per heavy atom. The largest absolute Gasteiger partial charge is 0.462 e. The molecule has 0 aliphatic carbocycles. The zero-order valence-electron chi connectivity index (χ0n) is 49.4. The number of esters is 3. The Morgan fingerprint density at radius 3 is 0.838 bits per heavy atom. The molecule has 0 aromatic carbocycles. The second-order valence-corrected chi connectivity index (χ2v) is 21.6. The molecule has 0 saturated heterocycles. The molecule has 0 saturated carbocycles. The van der Waals surface area contributed by atoms with Crippen molar-refractivity contribution in [3.63, 3.8) is 0 Å². The molecule has 0 aromatic heterocycles. The van der Waals surface area contributed by atoms with Gasteiger partial charge >= 0.3 is 17.9 Å². The summed E-state index contributed by atoms with van der Waals surface area (Å²) in [6.07, 6.45) is 79.8. The fraction of sp³-hybridized carbons (Fsp3) is 0.809. The Bertz CT molecular complexity index is 1330. The number of rotatable bonds is 59. The molecule has 0 heterocycles. The summed E-state index contributed by atoms with van der Waals surface area (Å²) < 4.78 is 16.8. The van der Waals surface area contributed by atoms with E-state index in [1.165, 1.54) is 212 Å². The van der Waals surface area contributed by atoms with E-state index >= 15 is 0 Å². The second kappa shape index (κ2) is 62.6. The SMILES string of the molecule is CC/C=C\C/C=C\C/C=C\C/C=C\CCCCCCCCCCCCCCCCC(=O)OCC(COC(=O)CCCCCCCC)OC(=O)CCCCCCCCCCCCC/C=C\CCCCCCCCCC. The quantitative estimate of drug-likeness (QED) is 0.0261. The van der Waals surface area contributed by atoms with Gasteiger partial charge in [-0.2, -0.15) is 0 Å². The van der Waals surface area contributed by atoms with Crippen molar-refractivity contribution in [3.05, 3.63) is 60.8 Å². The Hall–Kier alpha value is -2.89. The molecule has 74 heavy (non-hydrogen) atoms. The summed E-state index contributed by atoms with van der Waals surface area (Å²) in [6, 6.07) is 0. The van der Waals surface area contributed by atoms with Crippen LogP contribution in [-0.2, 0) is 28.6 Å². The van der Waals surface area contributed by atoms with E-state index < -0.39 is 6.10 Å². The van der Waals surface area contributed by atoms with Crippen LogP contribution in [0.2, 0.25) is 0 Å². The molecule has 0 fully saturated rings. The van der Waals surface area contributed by atoms with E-state index in [1.807, 2.05) is 0 Å². The van der Waals surface area contributed by atoms with Crippen LogP contribution in [0.15, 0.2) is 60.8 Å². The first-order valence-corrected chi connectivity index (χ1v) is 32.3. The smallest absolute Gasteiger partial charge is 0.306 e. The number of hydrogen-bond donors (Lipinski definition) is 0. The molecule has 1 unspecified atom stereocenters. The number of carbonyl (C=O) groups is 3. The van der Waals surface area contributed by atoms with Crippen molar-refractivity contribution in [2.24, 2.45) is 0 Å². The molecule has 6 nitrogen and oxygen atoms in total. The number of ether oxygens (including phenoxy) is 3. The van der Waals surface area contributed by atoms with Crippen molar-refractivity contribution in [1.82, 2.24) is 0 Å². The average Bonchev–Trinajstić information content (AvgIpc) is 3.40. The molecule has 0 aliphatic heterocycles. The third-order valence-electron chi connectivity index (χ3n) is 14.3. The number of carbonyl (C=O) groups excluding carboxylic acids is 3. The summed E-state index contributed by atoms with van der Waals surface area (Å²) in [7, 11) is 0. The molecule has 0 rings (SSSR count). The first-order valence-electron chi connectivity index (χ1n) is 32.3. The van der Waals surface area contributed by atoms with Gasteiger partial charge in [-0.1, -0.05) is 293 Å². The molecule has 1 atom stereocenters. The highest BCUT2D eigenvalue weighted by Crippen LogP contribution is 2.17. The van der Waals surface area contributed by atoms with Crippen molar-refractivity contribution in [2.45, 2.75) is 341 Å². The van der Waals surface area contributed by atoms with Crippen LogP contribution in [0.25, 0.3) is 0 Å². The molecule has 6 heteroatoms. The topological polar surface area (TPSA) is 78.9 Å². The standard InChI is InChI=1S/C68H122O6/c1-4-7-10-13-16-18-20-22-24-26-28-30-32-33-34-35-37-38-40-42-44-46-48-50-52-55-58-61-67(70)73-64-65(63-72-66(69)60-57-54-15-12-9-6-3)74-68(71)62-59-56-53-51-49-47-45-43-41-39-36-31-29-27-25-23-21-19-17-14-11-8-5-2/h7,10,16,18,22,24,27-30,65H,4-6,8-9,11-15,17,19-21,23,25-26,31-64H2,1-3H3/b10-7-,18-16-,24-22-,29-27-,30-28-. The van der Waals surface area contributed by atoms with Gasteiger partial charge in [0.05, 0.1) is 0 Å². The lowest BCUT2D eigenvalue weighted by Crippen LogP contribution is -2.30. The molecule has 0 amide bonds. The minimum atomic E-state index is -0.770. The van der Waals surface area contributed by atoms with Gasteiger partial charge in [-0.05, 0) is 83.5 Å². The Labute approximate surface area is 460 Å². The molecule has 0 bridgehead atoms. The van der Waals surface area contributed by atoms with Crippen molar-refractivity contribution in [1.29, 1.82) is 0 Å². The number of unbranched alkanes of at least 4 members (excludes halogenated alkanes) is 38. The van der Waals surface area contributed by atoms with Gasteiger partial charge in [0.25, 0.3) is 0 Å². The van der Waals surface area contributed by atoms with E-state index in [4.69, 9.17) is 14.2 Å². The summed E-state index contributed by atoms with van der Waals surface area (Å²) in [5, 5.41) is 0. The zero-order chi connectivity index (χ0) is 53.6. The summed E-state index contributed by atoms with van der Waals surface area (Å²) in [6.45, 7) is 6.51. The van der Waals surface area contributed by atoms with E-state index in [2.05, 4.69) is 81.5 Å². The van der Waals surface area contributed by atoms with Crippen LogP contribution >= 0.6 is 0 Å². The average molecular weight is 1040 g/mol. The summed E-state index contributed by atoms with van der Waals surface area (Å²) in [4.78, 5) is 38.0. The predicted octanol–water partition coefficient (Wildman–Crippen LogP) is 21.9. The van der Waals surface area contributed by atoms with Gasteiger partial charge in [0.2, 0.25) is 0 Å². The van der Waals surface area contributed by atoms with Gasteiger partial charge in [0.1, 0.15) is 13.2 Å². The van der Waals surface area contributed by atoms with Crippen molar-refractivity contribution < 1.29 is 28.6 Å². The monoisotopic (exact) mass is 1030 g/mol. The highest BCUT2D eigenvalue weighted by molar-refractivity contribution is 5.71. The fourth-order valence-electron chi connectivity index (χ4n) is 9.43. The Kier molecular flexibility index (Phi) is 60.2. The number of allylic oxidation sites excluding steroid dienone is 10. The molecule has 0 N–H and O–H groups in total. The van der Waals surface area contributed by atoms with Crippen LogP contribution in [0.3, 0.4) is 0 Å². The number of hydrogen-bond acceptors (Lipinski definition) is 6. The van der Waals surface area contributed by atoms with Crippen LogP contribution in [0, 0.1) is 0 Å². The van der Waals surface area contributed by atoms with Gasteiger partial charge < -0.3 is 14.2 Å². The normalized spacial score (nSPS) is 12.4. The highest BCUT2D eigenvalue weighted by atomic mass is 16.6. The van der Waals surface area contributed by atoms with Gasteiger partial charge in [0.15, 0.2) is 6.10 Å². The lowest BCUT2D eigenvalue weighted by Gasteiger charge is -2.18. The van der Waals surface area contributed by atoms with Gasteiger partial charge in [-0.25, -0.2) is 0 Å². The summed E-state index contributed by atoms with van der Waals surface area (Å²) in [5.74, 6) is -0.866.